The second-order valence-electron chi connectivity index (χ2n) is 9.45. The number of carbonyl (C=O) groups excluding carboxylic acids is 1. The highest BCUT2D eigenvalue weighted by Gasteiger charge is 2.11. The Kier molecular flexibility index (Phi) is 8.77. The fraction of sp³-hybridized carbons (Fsp3) is 0.355. The number of nitrogens with zero attached hydrogens (tertiary/aromatic N) is 2. The first kappa shape index (κ1) is 25.5. The Morgan fingerprint density at radius 1 is 1.03 bits per heavy atom. The van der Waals surface area contributed by atoms with Gasteiger partial charge in [0.15, 0.2) is 0 Å². The molecule has 1 amide bonds. The summed E-state index contributed by atoms with van der Waals surface area (Å²) in [6.07, 6.45) is 3.18. The van der Waals surface area contributed by atoms with E-state index in [1.54, 1.807) is 0 Å². The molecule has 0 radical (unpaired) electrons. The molecular formula is C31H37N3O2. The summed E-state index contributed by atoms with van der Waals surface area (Å²) in [5.74, 6) is 2.54. The van der Waals surface area contributed by atoms with E-state index in [9.17, 15) is 4.79 Å². The molecule has 0 saturated heterocycles. The fourth-order valence-corrected chi connectivity index (χ4v) is 4.47. The van der Waals surface area contributed by atoms with Crippen LogP contribution in [0.25, 0.3) is 11.0 Å². The average molecular weight is 484 g/mol. The van der Waals surface area contributed by atoms with Crippen LogP contribution in [0.5, 0.6) is 5.75 Å². The van der Waals surface area contributed by atoms with Gasteiger partial charge in [0.05, 0.1) is 24.0 Å². The van der Waals surface area contributed by atoms with Crippen molar-refractivity contribution >= 4 is 16.9 Å². The molecule has 3 aromatic carbocycles. The van der Waals surface area contributed by atoms with E-state index in [4.69, 9.17) is 9.72 Å². The van der Waals surface area contributed by atoms with Gasteiger partial charge in [-0.3, -0.25) is 4.79 Å². The van der Waals surface area contributed by atoms with E-state index in [1.807, 2.05) is 49.4 Å². The molecule has 5 heteroatoms. The van der Waals surface area contributed by atoms with Crippen LogP contribution in [0.4, 0.5) is 0 Å². The van der Waals surface area contributed by atoms with E-state index < -0.39 is 0 Å². The highest BCUT2D eigenvalue weighted by atomic mass is 16.5. The molecule has 36 heavy (non-hydrogen) atoms. The first-order valence-electron chi connectivity index (χ1n) is 13.0. The summed E-state index contributed by atoms with van der Waals surface area (Å²) in [5.41, 5.74) is 5.68. The molecule has 1 unspecified atom stereocenters. The van der Waals surface area contributed by atoms with Crippen LogP contribution in [0.1, 0.15) is 55.1 Å². The molecule has 0 fully saturated rings. The summed E-state index contributed by atoms with van der Waals surface area (Å²) >= 11 is 0. The molecule has 0 aliphatic carbocycles. The number of ether oxygens (including phenoxy) is 1. The Morgan fingerprint density at radius 2 is 1.78 bits per heavy atom. The Morgan fingerprint density at radius 3 is 2.56 bits per heavy atom. The number of benzene rings is 3. The van der Waals surface area contributed by atoms with Crippen molar-refractivity contribution in [2.45, 2.75) is 58.9 Å². The lowest BCUT2D eigenvalue weighted by Crippen LogP contribution is -2.26. The number of hydrogen-bond acceptors (Lipinski definition) is 3. The maximum Gasteiger partial charge on any atom is 0.224 e. The molecular weight excluding hydrogens is 446 g/mol. The van der Waals surface area contributed by atoms with Gasteiger partial charge < -0.3 is 14.6 Å². The van der Waals surface area contributed by atoms with Crippen LogP contribution >= 0.6 is 0 Å². The monoisotopic (exact) mass is 483 g/mol. The second kappa shape index (κ2) is 12.4. The van der Waals surface area contributed by atoms with Crippen LogP contribution in [0.2, 0.25) is 0 Å². The van der Waals surface area contributed by atoms with Gasteiger partial charge in [-0.2, -0.15) is 0 Å². The molecule has 0 aliphatic heterocycles. The minimum atomic E-state index is 0.0607. The number of aromatic nitrogens is 2. The molecule has 0 bridgehead atoms. The maximum atomic E-state index is 12.4. The summed E-state index contributed by atoms with van der Waals surface area (Å²) in [4.78, 5) is 17.3. The van der Waals surface area contributed by atoms with Gasteiger partial charge in [-0.1, -0.05) is 62.4 Å². The third-order valence-corrected chi connectivity index (χ3v) is 6.89. The number of aryl methyl sites for hydroxylation is 2. The third-order valence-electron chi connectivity index (χ3n) is 6.89. The van der Waals surface area contributed by atoms with Crippen molar-refractivity contribution in [3.63, 3.8) is 0 Å². The molecule has 0 aliphatic rings. The van der Waals surface area contributed by atoms with Crippen molar-refractivity contribution in [2.24, 2.45) is 0 Å². The zero-order valence-electron chi connectivity index (χ0n) is 21.7. The number of hydrogen-bond donors (Lipinski definition) is 1. The number of carbonyl (C=O) groups is 1. The van der Waals surface area contributed by atoms with Crippen molar-refractivity contribution in [3.8, 4) is 5.75 Å². The second-order valence-corrected chi connectivity index (χ2v) is 9.45. The molecule has 4 rings (SSSR count). The van der Waals surface area contributed by atoms with Crippen LogP contribution in [0.15, 0.2) is 72.8 Å². The summed E-state index contributed by atoms with van der Waals surface area (Å²) < 4.78 is 8.32. The quantitative estimate of drug-likeness (QED) is 0.243. The van der Waals surface area contributed by atoms with E-state index >= 15 is 0 Å². The zero-order valence-corrected chi connectivity index (χ0v) is 21.7. The van der Waals surface area contributed by atoms with Gasteiger partial charge >= 0.3 is 0 Å². The van der Waals surface area contributed by atoms with Gasteiger partial charge in [-0.25, -0.2) is 4.98 Å². The van der Waals surface area contributed by atoms with E-state index in [1.165, 1.54) is 5.56 Å². The number of nitrogens with one attached hydrogen (secondary N) is 1. The minimum absolute atomic E-state index is 0.0607. The smallest absolute Gasteiger partial charge is 0.224 e. The van der Waals surface area contributed by atoms with E-state index in [0.29, 0.717) is 25.5 Å². The van der Waals surface area contributed by atoms with Crippen molar-refractivity contribution in [2.75, 3.05) is 13.2 Å². The molecule has 1 N–H and O–H groups in total. The van der Waals surface area contributed by atoms with Crippen molar-refractivity contribution < 1.29 is 9.53 Å². The first-order chi connectivity index (χ1) is 17.5. The summed E-state index contributed by atoms with van der Waals surface area (Å²) in [5, 5.41) is 3.06. The number of para-hydroxylation sites is 2. The third kappa shape index (κ3) is 6.54. The van der Waals surface area contributed by atoms with Crippen LogP contribution in [0.3, 0.4) is 0 Å². The van der Waals surface area contributed by atoms with Gasteiger partial charge in [0, 0.05) is 13.0 Å². The lowest BCUT2D eigenvalue weighted by Gasteiger charge is -2.13. The number of amides is 1. The van der Waals surface area contributed by atoms with Gasteiger partial charge in [-0.15, -0.1) is 0 Å². The van der Waals surface area contributed by atoms with E-state index in [0.717, 1.165) is 59.5 Å². The van der Waals surface area contributed by atoms with Gasteiger partial charge in [-0.05, 0) is 66.6 Å². The number of rotatable bonds is 12. The maximum absolute atomic E-state index is 12.4. The number of imidazole rings is 1. The highest BCUT2D eigenvalue weighted by Crippen LogP contribution is 2.22. The topological polar surface area (TPSA) is 56.1 Å². The minimum Gasteiger partial charge on any atom is -0.492 e. The van der Waals surface area contributed by atoms with Crippen LogP contribution in [0, 0.1) is 6.92 Å². The van der Waals surface area contributed by atoms with Gasteiger partial charge in [0.25, 0.3) is 0 Å². The summed E-state index contributed by atoms with van der Waals surface area (Å²) in [6, 6.07) is 24.7. The van der Waals surface area contributed by atoms with Crippen LogP contribution in [-0.2, 0) is 24.2 Å². The lowest BCUT2D eigenvalue weighted by atomic mass is 9.99. The Balaban J connectivity index is 1.31. The Labute approximate surface area is 214 Å². The normalized spacial score (nSPS) is 12.0. The highest BCUT2D eigenvalue weighted by molar-refractivity contribution is 5.79. The van der Waals surface area contributed by atoms with Crippen LogP contribution in [-0.4, -0.2) is 28.6 Å². The number of fused-ring (bicyclic) bond motifs is 1. The summed E-state index contributed by atoms with van der Waals surface area (Å²) in [7, 11) is 0. The van der Waals surface area contributed by atoms with Crippen molar-refractivity contribution in [3.05, 3.63) is 95.3 Å². The standard InChI is InChI=1S/C31H37N3O2/c1-4-23(2)25-15-17-27(18-16-25)36-21-20-34-29-13-8-7-12-28(29)33-30(34)14-9-19-32-31(35)22-26-11-6-5-10-24(26)3/h5-8,10-13,15-18,23H,4,9,14,19-22H2,1-3H3,(H,32,35). The van der Waals surface area contributed by atoms with E-state index in [2.05, 4.69) is 54.1 Å². The molecule has 1 heterocycles. The first-order valence-corrected chi connectivity index (χ1v) is 13.0. The fourth-order valence-electron chi connectivity index (χ4n) is 4.47. The van der Waals surface area contributed by atoms with Gasteiger partial charge in [0.1, 0.15) is 18.2 Å². The molecule has 188 valence electrons. The average Bonchev–Trinajstić information content (AvgIpc) is 3.25. The summed E-state index contributed by atoms with van der Waals surface area (Å²) in [6.45, 7) is 8.43. The molecule has 1 aromatic heterocycles. The lowest BCUT2D eigenvalue weighted by molar-refractivity contribution is -0.120. The zero-order chi connectivity index (χ0) is 25.3. The molecule has 1 atom stereocenters. The predicted molar refractivity (Wildman–Crippen MR) is 147 cm³/mol. The SMILES string of the molecule is CCC(C)c1ccc(OCCn2c(CCCNC(=O)Cc3ccccc3C)nc3ccccc32)cc1. The Bertz CT molecular complexity index is 1280. The molecule has 0 saturated carbocycles. The molecule has 4 aromatic rings. The van der Waals surface area contributed by atoms with E-state index in [-0.39, 0.29) is 5.91 Å². The Hall–Kier alpha value is -3.60. The van der Waals surface area contributed by atoms with Crippen molar-refractivity contribution in [1.29, 1.82) is 0 Å². The van der Waals surface area contributed by atoms with Gasteiger partial charge in [0.2, 0.25) is 5.91 Å². The molecule has 0 spiro atoms. The van der Waals surface area contributed by atoms with Crippen LogP contribution < -0.4 is 10.1 Å². The largest absolute Gasteiger partial charge is 0.492 e. The predicted octanol–water partition coefficient (Wildman–Crippen LogP) is 6.23. The van der Waals surface area contributed by atoms with Crippen molar-refractivity contribution in [1.82, 2.24) is 14.9 Å². The molecule has 5 nitrogen and oxygen atoms in total.